The summed E-state index contributed by atoms with van der Waals surface area (Å²) < 4.78 is 0. The summed E-state index contributed by atoms with van der Waals surface area (Å²) in [6.07, 6.45) is 2.66. The fourth-order valence-corrected chi connectivity index (χ4v) is 3.70. The molecule has 1 aromatic carbocycles. The Morgan fingerprint density at radius 2 is 1.81 bits per heavy atom. The lowest BCUT2D eigenvalue weighted by Crippen LogP contribution is -2.45. The van der Waals surface area contributed by atoms with Gasteiger partial charge in [0.15, 0.2) is 0 Å². The lowest BCUT2D eigenvalue weighted by molar-refractivity contribution is 0.0636. The van der Waals surface area contributed by atoms with Crippen LogP contribution in [-0.4, -0.2) is 31.1 Å². The van der Waals surface area contributed by atoms with Crippen LogP contribution in [0, 0.1) is 5.92 Å². The number of likely N-dealkylation sites (tertiary alicyclic amines) is 1. The first-order valence-electron chi connectivity index (χ1n) is 8.54. The molecule has 1 heterocycles. The maximum absolute atomic E-state index is 3.40. The van der Waals surface area contributed by atoms with Crippen LogP contribution in [0.2, 0.25) is 0 Å². The molecule has 118 valence electrons. The second kappa shape index (κ2) is 7.42. The molecule has 1 aliphatic rings. The van der Waals surface area contributed by atoms with Crippen LogP contribution < -0.4 is 5.32 Å². The SMILES string of the molecule is CNCC1CCCN(C(C)C)C1c1ccc(C(C)C)cc1. The van der Waals surface area contributed by atoms with Crippen molar-refractivity contribution in [3.63, 3.8) is 0 Å². The van der Waals surface area contributed by atoms with Gasteiger partial charge in [0.2, 0.25) is 0 Å². The molecule has 2 atom stereocenters. The molecule has 1 aromatic rings. The zero-order valence-corrected chi connectivity index (χ0v) is 14.4. The van der Waals surface area contributed by atoms with Crippen molar-refractivity contribution in [3.05, 3.63) is 35.4 Å². The minimum absolute atomic E-state index is 0.562. The van der Waals surface area contributed by atoms with E-state index in [9.17, 15) is 0 Å². The third-order valence-corrected chi connectivity index (χ3v) is 4.87. The monoisotopic (exact) mass is 288 g/mol. The van der Waals surface area contributed by atoms with Gasteiger partial charge in [-0.15, -0.1) is 0 Å². The first kappa shape index (κ1) is 16.5. The van der Waals surface area contributed by atoms with Crippen LogP contribution in [0.1, 0.15) is 63.6 Å². The van der Waals surface area contributed by atoms with Gasteiger partial charge in [-0.1, -0.05) is 38.1 Å². The van der Waals surface area contributed by atoms with Crippen LogP contribution in [0.5, 0.6) is 0 Å². The Kier molecular flexibility index (Phi) is 5.83. The molecule has 2 heteroatoms. The summed E-state index contributed by atoms with van der Waals surface area (Å²) in [5, 5.41) is 3.40. The van der Waals surface area contributed by atoms with Crippen LogP contribution in [-0.2, 0) is 0 Å². The van der Waals surface area contributed by atoms with Crippen molar-refractivity contribution in [2.45, 2.75) is 58.5 Å². The second-order valence-corrected chi connectivity index (χ2v) is 7.06. The topological polar surface area (TPSA) is 15.3 Å². The van der Waals surface area contributed by atoms with Crippen LogP contribution >= 0.6 is 0 Å². The summed E-state index contributed by atoms with van der Waals surface area (Å²) in [6.45, 7) is 11.5. The van der Waals surface area contributed by atoms with Gasteiger partial charge in [0.1, 0.15) is 0 Å². The van der Waals surface area contributed by atoms with Gasteiger partial charge < -0.3 is 5.32 Å². The molecule has 2 unspecified atom stereocenters. The summed E-state index contributed by atoms with van der Waals surface area (Å²) in [7, 11) is 2.08. The molecule has 1 N–H and O–H groups in total. The van der Waals surface area contributed by atoms with Gasteiger partial charge in [-0.25, -0.2) is 0 Å². The smallest absolute Gasteiger partial charge is 0.0391 e. The number of rotatable bonds is 5. The largest absolute Gasteiger partial charge is 0.319 e. The van der Waals surface area contributed by atoms with E-state index >= 15 is 0 Å². The molecule has 0 aliphatic carbocycles. The molecule has 0 aromatic heterocycles. The normalized spacial score (nSPS) is 24.0. The Morgan fingerprint density at radius 3 is 2.33 bits per heavy atom. The standard InChI is InChI=1S/C19H32N2/c1-14(2)16-8-10-17(11-9-16)19-18(13-20-5)7-6-12-21(19)15(3)4/h8-11,14-15,18-20H,6-7,12-13H2,1-5H3. The fourth-order valence-electron chi connectivity index (χ4n) is 3.70. The third kappa shape index (κ3) is 3.87. The maximum Gasteiger partial charge on any atom is 0.0391 e. The van der Waals surface area contributed by atoms with Gasteiger partial charge in [-0.05, 0) is 69.8 Å². The van der Waals surface area contributed by atoms with Gasteiger partial charge in [-0.2, -0.15) is 0 Å². The zero-order chi connectivity index (χ0) is 15.4. The highest BCUT2D eigenvalue weighted by Crippen LogP contribution is 2.37. The predicted molar refractivity (Wildman–Crippen MR) is 91.8 cm³/mol. The lowest BCUT2D eigenvalue weighted by atomic mass is 9.83. The van der Waals surface area contributed by atoms with E-state index in [-0.39, 0.29) is 0 Å². The van der Waals surface area contributed by atoms with Crippen molar-refractivity contribution in [1.82, 2.24) is 10.2 Å². The summed E-state index contributed by atoms with van der Waals surface area (Å²) in [5.74, 6) is 1.33. The molecular weight excluding hydrogens is 256 g/mol. The van der Waals surface area contributed by atoms with E-state index in [1.54, 1.807) is 0 Å². The molecule has 2 nitrogen and oxygen atoms in total. The molecule has 0 radical (unpaired) electrons. The van der Waals surface area contributed by atoms with Gasteiger partial charge >= 0.3 is 0 Å². The number of hydrogen-bond donors (Lipinski definition) is 1. The number of hydrogen-bond acceptors (Lipinski definition) is 2. The van der Waals surface area contributed by atoms with Gasteiger partial charge in [0, 0.05) is 12.1 Å². The number of nitrogens with zero attached hydrogens (tertiary/aromatic N) is 1. The van der Waals surface area contributed by atoms with E-state index in [2.05, 4.69) is 69.2 Å². The number of benzene rings is 1. The second-order valence-electron chi connectivity index (χ2n) is 7.06. The number of piperidine rings is 1. The first-order chi connectivity index (χ1) is 10.0. The highest BCUT2D eigenvalue weighted by Gasteiger charge is 2.33. The Hall–Kier alpha value is -0.860. The van der Waals surface area contributed by atoms with Crippen LogP contribution in [0.3, 0.4) is 0 Å². The minimum atomic E-state index is 0.562. The minimum Gasteiger partial charge on any atom is -0.319 e. The highest BCUT2D eigenvalue weighted by atomic mass is 15.2. The molecule has 0 bridgehead atoms. The van der Waals surface area contributed by atoms with E-state index in [0.29, 0.717) is 18.0 Å². The lowest BCUT2D eigenvalue weighted by Gasteiger charge is -2.44. The van der Waals surface area contributed by atoms with Gasteiger partial charge in [0.05, 0.1) is 0 Å². The van der Waals surface area contributed by atoms with Gasteiger partial charge in [0.25, 0.3) is 0 Å². The fraction of sp³-hybridized carbons (Fsp3) is 0.684. The summed E-state index contributed by atoms with van der Waals surface area (Å²) >= 11 is 0. The van der Waals surface area contributed by atoms with E-state index < -0.39 is 0 Å². The molecule has 1 fully saturated rings. The van der Waals surface area contributed by atoms with E-state index in [1.165, 1.54) is 30.5 Å². The van der Waals surface area contributed by atoms with Crippen LogP contribution in [0.25, 0.3) is 0 Å². The summed E-state index contributed by atoms with van der Waals surface area (Å²) in [5.41, 5.74) is 2.93. The van der Waals surface area contributed by atoms with E-state index in [0.717, 1.165) is 12.5 Å². The van der Waals surface area contributed by atoms with Crippen LogP contribution in [0.4, 0.5) is 0 Å². The van der Waals surface area contributed by atoms with E-state index in [1.807, 2.05) is 0 Å². The molecule has 1 aliphatic heterocycles. The summed E-state index contributed by atoms with van der Waals surface area (Å²) in [6, 6.07) is 10.5. The number of nitrogens with one attached hydrogen (secondary N) is 1. The third-order valence-electron chi connectivity index (χ3n) is 4.87. The molecule has 0 spiro atoms. The first-order valence-corrected chi connectivity index (χ1v) is 8.54. The molecule has 0 amide bonds. The van der Waals surface area contributed by atoms with Crippen molar-refractivity contribution in [2.24, 2.45) is 5.92 Å². The Morgan fingerprint density at radius 1 is 1.14 bits per heavy atom. The van der Waals surface area contributed by atoms with Crippen LogP contribution in [0.15, 0.2) is 24.3 Å². The molecular formula is C19H32N2. The molecule has 0 saturated carbocycles. The Bertz CT molecular complexity index is 420. The van der Waals surface area contributed by atoms with Crippen molar-refractivity contribution in [1.29, 1.82) is 0 Å². The molecule has 21 heavy (non-hydrogen) atoms. The van der Waals surface area contributed by atoms with Crippen molar-refractivity contribution in [3.8, 4) is 0 Å². The van der Waals surface area contributed by atoms with Crippen molar-refractivity contribution in [2.75, 3.05) is 20.1 Å². The Balaban J connectivity index is 2.28. The molecule has 1 saturated heterocycles. The quantitative estimate of drug-likeness (QED) is 0.874. The van der Waals surface area contributed by atoms with Crippen molar-refractivity contribution < 1.29 is 0 Å². The maximum atomic E-state index is 3.40. The Labute approximate surface area is 130 Å². The van der Waals surface area contributed by atoms with Crippen molar-refractivity contribution >= 4 is 0 Å². The summed E-state index contributed by atoms with van der Waals surface area (Å²) in [4.78, 5) is 2.69. The zero-order valence-electron chi connectivity index (χ0n) is 14.4. The predicted octanol–water partition coefficient (Wildman–Crippen LogP) is 4.19. The highest BCUT2D eigenvalue weighted by molar-refractivity contribution is 5.28. The average Bonchev–Trinajstić information content (AvgIpc) is 2.47. The molecule has 2 rings (SSSR count). The van der Waals surface area contributed by atoms with E-state index in [4.69, 9.17) is 0 Å². The van der Waals surface area contributed by atoms with Gasteiger partial charge in [-0.3, -0.25) is 4.90 Å². The average molecular weight is 288 g/mol.